The van der Waals surface area contributed by atoms with E-state index in [1.165, 1.54) is 11.8 Å². The van der Waals surface area contributed by atoms with Crippen LogP contribution in [0.1, 0.15) is 15.9 Å². The first-order valence-electron chi connectivity index (χ1n) is 5.30. The topological polar surface area (TPSA) is 50.2 Å². The van der Waals surface area contributed by atoms with Gasteiger partial charge in [0, 0.05) is 15.6 Å². The van der Waals surface area contributed by atoms with Crippen LogP contribution >= 0.6 is 43.6 Å². The summed E-state index contributed by atoms with van der Waals surface area (Å²) in [4.78, 5) is 16.2. The summed E-state index contributed by atoms with van der Waals surface area (Å²) >= 11 is 8.12. The maximum atomic E-state index is 11.2. The molecule has 0 aliphatic rings. The minimum Gasteiger partial charge on any atom is -0.478 e. The summed E-state index contributed by atoms with van der Waals surface area (Å²) in [6.45, 7) is 1.95. The van der Waals surface area contributed by atoms with Crippen molar-refractivity contribution in [1.29, 1.82) is 0 Å². The van der Waals surface area contributed by atoms with Gasteiger partial charge in [0.05, 0.1) is 10.0 Å². The molecule has 1 aromatic heterocycles. The largest absolute Gasteiger partial charge is 0.478 e. The van der Waals surface area contributed by atoms with E-state index in [9.17, 15) is 9.90 Å². The molecule has 1 aromatic carbocycles. The van der Waals surface area contributed by atoms with Crippen molar-refractivity contribution >= 4 is 49.6 Å². The van der Waals surface area contributed by atoms with Crippen LogP contribution in [0.15, 0.2) is 49.3 Å². The number of nitrogens with zero attached hydrogens (tertiary/aromatic N) is 1. The highest BCUT2D eigenvalue weighted by Crippen LogP contribution is 2.35. The lowest BCUT2D eigenvalue weighted by Gasteiger charge is -2.07. The van der Waals surface area contributed by atoms with Crippen molar-refractivity contribution in [2.75, 3.05) is 0 Å². The fourth-order valence-corrected chi connectivity index (χ4v) is 3.60. The van der Waals surface area contributed by atoms with Gasteiger partial charge in [-0.3, -0.25) is 0 Å². The standard InChI is InChI=1S/C13H9Br2NO2S/c1-7-4-10(15)12(16-6-7)19-11-5-8(14)2-3-9(11)13(17)18/h2-6H,1H3,(H,17,18). The predicted molar refractivity (Wildman–Crippen MR) is 81.9 cm³/mol. The molecule has 98 valence electrons. The van der Waals surface area contributed by atoms with Gasteiger partial charge in [-0.15, -0.1) is 0 Å². The fourth-order valence-electron chi connectivity index (χ4n) is 1.46. The summed E-state index contributed by atoms with van der Waals surface area (Å²) in [7, 11) is 0. The van der Waals surface area contributed by atoms with Crippen LogP contribution in [0.2, 0.25) is 0 Å². The van der Waals surface area contributed by atoms with E-state index in [0.717, 1.165) is 19.5 Å². The third kappa shape index (κ3) is 3.58. The lowest BCUT2D eigenvalue weighted by atomic mass is 10.2. The van der Waals surface area contributed by atoms with Crippen molar-refractivity contribution in [3.05, 3.63) is 50.5 Å². The van der Waals surface area contributed by atoms with Gasteiger partial charge < -0.3 is 5.11 Å². The molecule has 0 fully saturated rings. The molecule has 0 aliphatic heterocycles. The smallest absolute Gasteiger partial charge is 0.336 e. The molecule has 6 heteroatoms. The summed E-state index contributed by atoms with van der Waals surface area (Å²) < 4.78 is 1.69. The summed E-state index contributed by atoms with van der Waals surface area (Å²) in [6.07, 6.45) is 1.76. The van der Waals surface area contributed by atoms with Crippen LogP contribution in [-0.2, 0) is 0 Å². The number of aromatic nitrogens is 1. The Labute approximate surface area is 131 Å². The molecule has 0 saturated heterocycles. The molecular weight excluding hydrogens is 394 g/mol. The molecule has 0 spiro atoms. The van der Waals surface area contributed by atoms with Gasteiger partial charge in [-0.1, -0.05) is 27.7 Å². The minimum absolute atomic E-state index is 0.266. The number of pyridine rings is 1. The molecule has 3 nitrogen and oxygen atoms in total. The second-order valence-electron chi connectivity index (χ2n) is 3.85. The Hall–Kier alpha value is -0.850. The maximum absolute atomic E-state index is 11.2. The highest BCUT2D eigenvalue weighted by Gasteiger charge is 2.13. The molecule has 0 aliphatic carbocycles. The van der Waals surface area contributed by atoms with E-state index >= 15 is 0 Å². The van der Waals surface area contributed by atoms with Crippen LogP contribution < -0.4 is 0 Å². The molecule has 2 aromatic rings. The lowest BCUT2D eigenvalue weighted by molar-refractivity contribution is 0.0693. The number of halogens is 2. The molecule has 0 saturated carbocycles. The first kappa shape index (κ1) is 14.6. The van der Waals surface area contributed by atoms with Crippen LogP contribution in [0.3, 0.4) is 0 Å². The third-order valence-corrected chi connectivity index (χ3v) is 4.76. The summed E-state index contributed by atoms with van der Waals surface area (Å²) in [5.74, 6) is -0.946. The molecule has 0 unspecified atom stereocenters. The summed E-state index contributed by atoms with van der Waals surface area (Å²) in [5.41, 5.74) is 1.31. The second kappa shape index (κ2) is 6.07. The van der Waals surface area contributed by atoms with Crippen molar-refractivity contribution in [3.63, 3.8) is 0 Å². The summed E-state index contributed by atoms with van der Waals surface area (Å²) in [5, 5.41) is 9.93. The Morgan fingerprint density at radius 2 is 2.05 bits per heavy atom. The molecule has 0 radical (unpaired) electrons. The molecule has 1 N–H and O–H groups in total. The number of aryl methyl sites for hydroxylation is 1. The zero-order chi connectivity index (χ0) is 14.0. The van der Waals surface area contributed by atoms with Crippen LogP contribution in [0, 0.1) is 6.92 Å². The Balaban J connectivity index is 2.42. The molecule has 19 heavy (non-hydrogen) atoms. The quantitative estimate of drug-likeness (QED) is 0.803. The molecular formula is C13H9Br2NO2S. The van der Waals surface area contributed by atoms with Gasteiger partial charge in [-0.2, -0.15) is 0 Å². The van der Waals surface area contributed by atoms with Gasteiger partial charge >= 0.3 is 5.97 Å². The van der Waals surface area contributed by atoms with Crippen LogP contribution in [0.5, 0.6) is 0 Å². The van der Waals surface area contributed by atoms with E-state index < -0.39 is 5.97 Å². The van der Waals surface area contributed by atoms with Crippen molar-refractivity contribution in [3.8, 4) is 0 Å². The zero-order valence-electron chi connectivity index (χ0n) is 9.85. The Kier molecular flexibility index (Phi) is 4.65. The number of rotatable bonds is 3. The normalized spacial score (nSPS) is 10.5. The molecule has 0 atom stereocenters. The van der Waals surface area contributed by atoms with Crippen LogP contribution in [-0.4, -0.2) is 16.1 Å². The van der Waals surface area contributed by atoms with Gasteiger partial charge in [0.1, 0.15) is 5.03 Å². The molecule has 1 heterocycles. The molecule has 2 rings (SSSR count). The first-order chi connectivity index (χ1) is 8.97. The number of carbonyl (C=O) groups is 1. The van der Waals surface area contributed by atoms with Crippen molar-refractivity contribution < 1.29 is 9.90 Å². The average Bonchev–Trinajstić information content (AvgIpc) is 2.32. The van der Waals surface area contributed by atoms with Crippen LogP contribution in [0.4, 0.5) is 0 Å². The minimum atomic E-state index is -0.946. The third-order valence-electron chi connectivity index (χ3n) is 2.32. The lowest BCUT2D eigenvalue weighted by Crippen LogP contribution is -1.99. The maximum Gasteiger partial charge on any atom is 0.336 e. The molecule has 0 amide bonds. The van der Waals surface area contributed by atoms with E-state index in [1.54, 1.807) is 24.4 Å². The van der Waals surface area contributed by atoms with Gasteiger partial charge in [0.25, 0.3) is 0 Å². The Morgan fingerprint density at radius 3 is 2.68 bits per heavy atom. The van der Waals surface area contributed by atoms with Crippen molar-refractivity contribution in [2.24, 2.45) is 0 Å². The first-order valence-corrected chi connectivity index (χ1v) is 7.70. The highest BCUT2D eigenvalue weighted by molar-refractivity contribution is 9.10. The Morgan fingerprint density at radius 1 is 1.32 bits per heavy atom. The van der Waals surface area contributed by atoms with Gasteiger partial charge in [0.15, 0.2) is 0 Å². The van der Waals surface area contributed by atoms with E-state index in [0.29, 0.717) is 4.90 Å². The van der Waals surface area contributed by atoms with Gasteiger partial charge in [0.2, 0.25) is 0 Å². The number of benzene rings is 1. The number of carboxylic acids is 1. The summed E-state index contributed by atoms with van der Waals surface area (Å²) in [6, 6.07) is 7.03. The number of hydrogen-bond acceptors (Lipinski definition) is 3. The van der Waals surface area contributed by atoms with Crippen molar-refractivity contribution in [1.82, 2.24) is 4.98 Å². The SMILES string of the molecule is Cc1cnc(Sc2cc(Br)ccc2C(=O)O)c(Br)c1. The number of hydrogen-bond donors (Lipinski definition) is 1. The zero-order valence-corrected chi connectivity index (χ0v) is 13.8. The fraction of sp³-hybridized carbons (Fsp3) is 0.0769. The molecule has 0 bridgehead atoms. The monoisotopic (exact) mass is 401 g/mol. The Bertz CT molecular complexity index is 647. The van der Waals surface area contributed by atoms with Gasteiger partial charge in [-0.05, 0) is 52.7 Å². The highest BCUT2D eigenvalue weighted by atomic mass is 79.9. The van der Waals surface area contributed by atoms with E-state index in [4.69, 9.17) is 0 Å². The van der Waals surface area contributed by atoms with E-state index in [-0.39, 0.29) is 5.56 Å². The predicted octanol–water partition coefficient (Wildman–Crippen LogP) is 4.76. The average molecular weight is 403 g/mol. The second-order valence-corrected chi connectivity index (χ2v) is 6.65. The van der Waals surface area contributed by atoms with E-state index in [1.807, 2.05) is 13.0 Å². The number of carboxylic acid groups (broad SMARTS) is 1. The van der Waals surface area contributed by atoms with Gasteiger partial charge in [-0.25, -0.2) is 9.78 Å². The van der Waals surface area contributed by atoms with Crippen LogP contribution in [0.25, 0.3) is 0 Å². The van der Waals surface area contributed by atoms with Crippen molar-refractivity contribution in [2.45, 2.75) is 16.8 Å². The van der Waals surface area contributed by atoms with E-state index in [2.05, 4.69) is 36.8 Å². The number of aromatic carboxylic acids is 1.